The monoisotopic (exact) mass is 461 g/mol. The van der Waals surface area contributed by atoms with Crippen LogP contribution in [0, 0.1) is 5.92 Å². The first kappa shape index (κ1) is 26.8. The normalized spacial score (nSPS) is 18.9. The zero-order chi connectivity index (χ0) is 24.5. The molecule has 0 bridgehead atoms. The summed E-state index contributed by atoms with van der Waals surface area (Å²) in [5.41, 5.74) is 6.91. The molecular formula is C24H39N5O4. The SMILES string of the molecule is COC(C(C)C(=O)N(C)CCc1cccc(NC(=O)C(C)NC(=O)CN)c1)C1CCCN1C. The number of hydrogen-bond acceptors (Lipinski definition) is 6. The first-order valence-corrected chi connectivity index (χ1v) is 11.5. The molecular weight excluding hydrogens is 422 g/mol. The fourth-order valence-corrected chi connectivity index (χ4v) is 4.36. The van der Waals surface area contributed by atoms with Crippen LogP contribution in [0.25, 0.3) is 0 Å². The van der Waals surface area contributed by atoms with E-state index in [1.54, 1.807) is 25.0 Å². The molecule has 1 aliphatic rings. The molecule has 1 aliphatic heterocycles. The number of likely N-dealkylation sites (N-methyl/N-ethyl adjacent to an activating group) is 2. The van der Waals surface area contributed by atoms with Crippen molar-refractivity contribution < 1.29 is 19.1 Å². The second kappa shape index (κ2) is 12.7. The number of amides is 3. The number of rotatable bonds is 11. The number of ether oxygens (including phenoxy) is 1. The van der Waals surface area contributed by atoms with Gasteiger partial charge in [-0.2, -0.15) is 0 Å². The topological polar surface area (TPSA) is 117 Å². The Labute approximate surface area is 197 Å². The Hall–Kier alpha value is -2.49. The molecule has 0 aromatic heterocycles. The van der Waals surface area contributed by atoms with E-state index in [0.29, 0.717) is 18.7 Å². The summed E-state index contributed by atoms with van der Waals surface area (Å²) in [6, 6.07) is 7.06. The molecule has 4 unspecified atom stereocenters. The van der Waals surface area contributed by atoms with Gasteiger partial charge in [-0.05, 0) is 57.5 Å². The number of likely N-dealkylation sites (tertiary alicyclic amines) is 1. The van der Waals surface area contributed by atoms with Crippen molar-refractivity contribution in [2.75, 3.05) is 46.2 Å². The molecule has 2 rings (SSSR count). The Bertz CT molecular complexity index is 818. The third-order valence-electron chi connectivity index (χ3n) is 6.37. The lowest BCUT2D eigenvalue weighted by Gasteiger charge is -2.33. The summed E-state index contributed by atoms with van der Waals surface area (Å²) in [6.45, 7) is 4.97. The summed E-state index contributed by atoms with van der Waals surface area (Å²) < 4.78 is 5.74. The van der Waals surface area contributed by atoms with Crippen molar-refractivity contribution in [3.63, 3.8) is 0 Å². The van der Waals surface area contributed by atoms with Gasteiger partial charge in [0.05, 0.1) is 18.6 Å². The number of carbonyl (C=O) groups excluding carboxylic acids is 3. The van der Waals surface area contributed by atoms with E-state index in [-0.39, 0.29) is 42.3 Å². The van der Waals surface area contributed by atoms with E-state index in [2.05, 4.69) is 22.6 Å². The average Bonchev–Trinajstić information content (AvgIpc) is 3.22. The summed E-state index contributed by atoms with van der Waals surface area (Å²) in [7, 11) is 5.59. The van der Waals surface area contributed by atoms with Gasteiger partial charge < -0.3 is 30.9 Å². The van der Waals surface area contributed by atoms with Crippen molar-refractivity contribution >= 4 is 23.4 Å². The third-order valence-corrected chi connectivity index (χ3v) is 6.37. The smallest absolute Gasteiger partial charge is 0.246 e. The van der Waals surface area contributed by atoms with E-state index in [4.69, 9.17) is 10.5 Å². The minimum absolute atomic E-state index is 0.0658. The summed E-state index contributed by atoms with van der Waals surface area (Å²) in [4.78, 5) is 40.8. The Morgan fingerprint density at radius 1 is 1.30 bits per heavy atom. The fraction of sp³-hybridized carbons (Fsp3) is 0.625. The number of carbonyl (C=O) groups is 3. The average molecular weight is 462 g/mol. The van der Waals surface area contributed by atoms with Gasteiger partial charge in [-0.25, -0.2) is 0 Å². The molecule has 1 saturated heterocycles. The van der Waals surface area contributed by atoms with Crippen LogP contribution >= 0.6 is 0 Å². The van der Waals surface area contributed by atoms with Gasteiger partial charge in [0.1, 0.15) is 6.04 Å². The van der Waals surface area contributed by atoms with Crippen molar-refractivity contribution in [3.8, 4) is 0 Å². The van der Waals surface area contributed by atoms with Gasteiger partial charge in [0.25, 0.3) is 0 Å². The molecule has 4 N–H and O–H groups in total. The van der Waals surface area contributed by atoms with E-state index in [1.165, 1.54) is 0 Å². The number of anilines is 1. The minimum atomic E-state index is -0.692. The maximum Gasteiger partial charge on any atom is 0.246 e. The quantitative estimate of drug-likeness (QED) is 0.450. The number of nitrogens with zero attached hydrogens (tertiary/aromatic N) is 2. The number of benzene rings is 1. The molecule has 0 saturated carbocycles. The first-order chi connectivity index (χ1) is 15.7. The molecule has 184 valence electrons. The highest BCUT2D eigenvalue weighted by molar-refractivity contribution is 5.97. The highest BCUT2D eigenvalue weighted by Crippen LogP contribution is 2.25. The van der Waals surface area contributed by atoms with Crippen molar-refractivity contribution in [1.29, 1.82) is 0 Å². The predicted molar refractivity (Wildman–Crippen MR) is 129 cm³/mol. The zero-order valence-corrected chi connectivity index (χ0v) is 20.5. The minimum Gasteiger partial charge on any atom is -0.379 e. The third kappa shape index (κ3) is 7.52. The lowest BCUT2D eigenvalue weighted by molar-refractivity contribution is -0.139. The van der Waals surface area contributed by atoms with Gasteiger partial charge in [-0.1, -0.05) is 19.1 Å². The highest BCUT2D eigenvalue weighted by atomic mass is 16.5. The van der Waals surface area contributed by atoms with Crippen LogP contribution in [-0.2, 0) is 25.5 Å². The summed E-state index contributed by atoms with van der Waals surface area (Å²) in [6.07, 6.45) is 2.69. The lowest BCUT2D eigenvalue weighted by atomic mass is 9.94. The van der Waals surface area contributed by atoms with Crippen LogP contribution in [-0.4, -0.2) is 86.5 Å². The summed E-state index contributed by atoms with van der Waals surface area (Å²) in [5, 5.41) is 5.33. The molecule has 9 nitrogen and oxygen atoms in total. The Morgan fingerprint density at radius 2 is 2.03 bits per heavy atom. The number of nitrogens with one attached hydrogen (secondary N) is 2. The van der Waals surface area contributed by atoms with E-state index in [1.807, 2.05) is 32.2 Å². The van der Waals surface area contributed by atoms with Gasteiger partial charge >= 0.3 is 0 Å². The van der Waals surface area contributed by atoms with Crippen LogP contribution in [0.4, 0.5) is 5.69 Å². The maximum absolute atomic E-state index is 13.1. The van der Waals surface area contributed by atoms with E-state index in [0.717, 1.165) is 24.9 Å². The van der Waals surface area contributed by atoms with Crippen LogP contribution in [0.15, 0.2) is 24.3 Å². The maximum atomic E-state index is 13.1. The molecule has 3 amide bonds. The predicted octanol–water partition coefficient (Wildman–Crippen LogP) is 0.835. The van der Waals surface area contributed by atoms with E-state index < -0.39 is 6.04 Å². The second-order valence-electron chi connectivity index (χ2n) is 8.87. The van der Waals surface area contributed by atoms with Crippen LogP contribution in [0.1, 0.15) is 32.3 Å². The van der Waals surface area contributed by atoms with Crippen LogP contribution in [0.5, 0.6) is 0 Å². The molecule has 0 radical (unpaired) electrons. The zero-order valence-electron chi connectivity index (χ0n) is 20.5. The van der Waals surface area contributed by atoms with E-state index >= 15 is 0 Å². The van der Waals surface area contributed by atoms with Crippen molar-refractivity contribution in [2.24, 2.45) is 11.7 Å². The summed E-state index contributed by atoms with van der Waals surface area (Å²) >= 11 is 0. The van der Waals surface area contributed by atoms with Gasteiger partial charge in [0, 0.05) is 32.4 Å². The van der Waals surface area contributed by atoms with Crippen molar-refractivity contribution in [3.05, 3.63) is 29.8 Å². The fourth-order valence-electron chi connectivity index (χ4n) is 4.36. The van der Waals surface area contributed by atoms with Gasteiger partial charge in [0.2, 0.25) is 17.7 Å². The molecule has 1 aromatic carbocycles. The van der Waals surface area contributed by atoms with Gasteiger partial charge in [0.15, 0.2) is 0 Å². The Kier molecular flexibility index (Phi) is 10.3. The number of methoxy groups -OCH3 is 1. The Balaban J connectivity index is 1.91. The van der Waals surface area contributed by atoms with Crippen molar-refractivity contribution in [1.82, 2.24) is 15.1 Å². The number of nitrogens with two attached hydrogens (primary N) is 1. The number of hydrogen-bond donors (Lipinski definition) is 3. The van der Waals surface area contributed by atoms with Gasteiger partial charge in [-0.3, -0.25) is 14.4 Å². The molecule has 1 fully saturated rings. The molecule has 0 aliphatic carbocycles. The van der Waals surface area contributed by atoms with E-state index in [9.17, 15) is 14.4 Å². The molecule has 9 heteroatoms. The molecule has 0 spiro atoms. The van der Waals surface area contributed by atoms with Crippen LogP contribution in [0.2, 0.25) is 0 Å². The highest BCUT2D eigenvalue weighted by Gasteiger charge is 2.36. The lowest BCUT2D eigenvalue weighted by Crippen LogP contribution is -2.47. The first-order valence-electron chi connectivity index (χ1n) is 11.5. The summed E-state index contributed by atoms with van der Waals surface area (Å²) in [5.74, 6) is -0.876. The molecule has 4 atom stereocenters. The second-order valence-corrected chi connectivity index (χ2v) is 8.87. The van der Waals surface area contributed by atoms with Crippen LogP contribution in [0.3, 0.4) is 0 Å². The van der Waals surface area contributed by atoms with Gasteiger partial charge in [-0.15, -0.1) is 0 Å². The largest absolute Gasteiger partial charge is 0.379 e. The Morgan fingerprint density at radius 3 is 2.64 bits per heavy atom. The molecule has 33 heavy (non-hydrogen) atoms. The van der Waals surface area contributed by atoms with Crippen LogP contribution < -0.4 is 16.4 Å². The standard InChI is InChI=1S/C24H39N5O4/c1-16(22(33-5)20-10-7-12-28(20)3)24(32)29(4)13-11-18-8-6-9-19(14-18)27-23(31)17(2)26-21(30)15-25/h6,8-9,14,16-17,20,22H,7,10-13,15,25H2,1-5H3,(H,26,30)(H,27,31). The molecule has 1 aromatic rings. The van der Waals surface area contributed by atoms with Crippen molar-refractivity contribution in [2.45, 2.75) is 51.3 Å². The molecule has 1 heterocycles.